The Kier molecular flexibility index (Phi) is 13.0. The highest BCUT2D eigenvalue weighted by Crippen LogP contribution is 2.39. The Balaban J connectivity index is 0.00000187. The Morgan fingerprint density at radius 2 is 1.62 bits per heavy atom. The number of methoxy groups -OCH3 is 1. The topological polar surface area (TPSA) is 163 Å². The number of piperidine rings is 2. The van der Waals surface area contributed by atoms with E-state index in [1.165, 1.54) is 22.3 Å². The van der Waals surface area contributed by atoms with Crippen LogP contribution in [0.1, 0.15) is 83.7 Å². The summed E-state index contributed by atoms with van der Waals surface area (Å²) in [5.74, 6) is 2.35. The number of imide groups is 2. The number of urea groups is 1. The Bertz CT molecular complexity index is 2650. The van der Waals surface area contributed by atoms with Crippen LogP contribution in [0.5, 0.6) is 23.0 Å². The zero-order valence-electron chi connectivity index (χ0n) is 37.1. The number of nitrogens with one attached hydrogen (secondary N) is 1. The molecule has 16 heteroatoms. The van der Waals surface area contributed by atoms with Gasteiger partial charge in [0.15, 0.2) is 17.3 Å². The number of halogens is 1. The molecule has 338 valence electrons. The fourth-order valence-corrected chi connectivity index (χ4v) is 9.32. The number of likely N-dealkylation sites (tertiary alicyclic amines) is 1. The lowest BCUT2D eigenvalue weighted by atomic mass is 9.87. The van der Waals surface area contributed by atoms with Gasteiger partial charge in [0.05, 0.1) is 48.7 Å². The van der Waals surface area contributed by atoms with E-state index in [1.807, 2.05) is 56.4 Å². The first-order valence-electron chi connectivity index (χ1n) is 22.0. The zero-order valence-corrected chi connectivity index (χ0v) is 37.1. The van der Waals surface area contributed by atoms with E-state index < -0.39 is 11.7 Å². The molecule has 9 rings (SSSR count). The largest absolute Gasteiger partial charge is 0.493 e. The number of ether oxygens (including phenoxy) is 3. The molecular formula is C49H53FN8O7. The minimum Gasteiger partial charge on any atom is -0.493 e. The number of amides is 5. The van der Waals surface area contributed by atoms with Crippen LogP contribution in [0.15, 0.2) is 78.9 Å². The quantitative estimate of drug-likeness (QED) is 0.122. The fraction of sp³-hybridized carbons (Fsp3) is 0.388. The molecule has 0 aliphatic carbocycles. The number of hydrogen-bond acceptors (Lipinski definition) is 11. The number of aryl methyl sites for hydroxylation is 1. The Hall–Kier alpha value is -6.99. The lowest BCUT2D eigenvalue weighted by molar-refractivity contribution is -0.120. The Morgan fingerprint density at radius 3 is 2.31 bits per heavy atom. The van der Waals surface area contributed by atoms with Crippen LogP contribution >= 0.6 is 0 Å². The van der Waals surface area contributed by atoms with Gasteiger partial charge in [-0.25, -0.2) is 9.18 Å². The van der Waals surface area contributed by atoms with Gasteiger partial charge in [-0.1, -0.05) is 24.3 Å². The third-order valence-electron chi connectivity index (χ3n) is 12.6. The van der Waals surface area contributed by atoms with Crippen LogP contribution in [-0.4, -0.2) is 102 Å². The summed E-state index contributed by atoms with van der Waals surface area (Å²) >= 11 is 0. The number of anilines is 2. The van der Waals surface area contributed by atoms with E-state index in [1.54, 1.807) is 42.1 Å². The van der Waals surface area contributed by atoms with E-state index in [0.29, 0.717) is 90.6 Å². The molecule has 3 saturated heterocycles. The second-order valence-electron chi connectivity index (χ2n) is 16.8. The van der Waals surface area contributed by atoms with Gasteiger partial charge >= 0.3 is 6.03 Å². The van der Waals surface area contributed by atoms with E-state index >= 15 is 4.39 Å². The number of hydrogen-bond donors (Lipinski definition) is 1. The Morgan fingerprint density at radius 1 is 0.892 bits per heavy atom. The third kappa shape index (κ3) is 9.33. The molecule has 5 amide bonds. The minimum atomic E-state index is -1.35. The summed E-state index contributed by atoms with van der Waals surface area (Å²) in [6, 6.07) is 25.8. The number of carbonyl (C=O) groups is 4. The number of rotatable bonds is 12. The maximum absolute atomic E-state index is 16.5. The van der Waals surface area contributed by atoms with Gasteiger partial charge in [0.2, 0.25) is 5.91 Å². The van der Waals surface area contributed by atoms with Gasteiger partial charge in [0.25, 0.3) is 11.8 Å². The van der Waals surface area contributed by atoms with Crippen molar-refractivity contribution in [3.8, 4) is 29.1 Å². The van der Waals surface area contributed by atoms with Crippen molar-refractivity contribution < 1.29 is 37.8 Å². The van der Waals surface area contributed by atoms with Crippen LogP contribution < -0.4 is 29.3 Å². The highest BCUT2D eigenvalue weighted by atomic mass is 19.1. The lowest BCUT2D eigenvalue weighted by Crippen LogP contribution is -2.50. The number of carbonyl (C=O) groups excluding carboxylic acids is 4. The fourth-order valence-electron chi connectivity index (χ4n) is 9.32. The summed E-state index contributed by atoms with van der Waals surface area (Å²) in [5.41, 5.74) is 2.87. The zero-order chi connectivity index (χ0) is 45.8. The van der Waals surface area contributed by atoms with E-state index in [4.69, 9.17) is 19.5 Å². The standard InChI is InChI=1S/C47H50FN7O7.C2H3N/c1-4-61-40-26-30(8-15-39(40)60-3)28-55-44(57)36-6-5-7-37(42(36)45(55)58)53-24-19-47(48,20-25-53)29-52-21-16-32(17-22-52)31-9-11-33(12-10-31)62-34-13-14-35-38(27-34)51(2)50-43(35)54-23-18-41(56)49-46(54)59;1-2-3/h5-15,26-27,32H,4,16-25,28-29H2,1-3H3,(H,49,56,59);1H3. The van der Waals surface area contributed by atoms with Crippen LogP contribution in [-0.2, 0) is 18.4 Å². The number of nitriles is 1. The molecule has 0 radical (unpaired) electrons. The summed E-state index contributed by atoms with van der Waals surface area (Å²) in [7, 11) is 3.37. The maximum atomic E-state index is 16.5. The number of aromatic nitrogens is 2. The molecule has 1 N–H and O–H groups in total. The highest BCUT2D eigenvalue weighted by molar-refractivity contribution is 6.23. The van der Waals surface area contributed by atoms with Gasteiger partial charge < -0.3 is 24.0 Å². The number of nitrogens with zero attached hydrogens (tertiary/aromatic N) is 7. The summed E-state index contributed by atoms with van der Waals surface area (Å²) in [6.07, 6.45) is 2.75. The lowest BCUT2D eigenvalue weighted by Gasteiger charge is -2.42. The van der Waals surface area contributed by atoms with Crippen LogP contribution in [0.3, 0.4) is 0 Å². The average Bonchev–Trinajstić information content (AvgIpc) is 3.75. The van der Waals surface area contributed by atoms with Crippen molar-refractivity contribution in [1.29, 1.82) is 5.26 Å². The van der Waals surface area contributed by atoms with Gasteiger partial charge in [0.1, 0.15) is 17.2 Å². The monoisotopic (exact) mass is 884 g/mol. The minimum absolute atomic E-state index is 0.0991. The molecule has 0 atom stereocenters. The van der Waals surface area contributed by atoms with Crippen LogP contribution in [0.4, 0.5) is 20.7 Å². The van der Waals surface area contributed by atoms with Gasteiger partial charge in [-0.3, -0.25) is 34.2 Å². The van der Waals surface area contributed by atoms with Gasteiger partial charge in [-0.15, -0.1) is 0 Å². The van der Waals surface area contributed by atoms with Crippen molar-refractivity contribution in [1.82, 2.24) is 24.9 Å². The third-order valence-corrected chi connectivity index (χ3v) is 12.6. The number of benzene rings is 4. The molecule has 15 nitrogen and oxygen atoms in total. The molecule has 5 aromatic rings. The molecular weight excluding hydrogens is 832 g/mol. The van der Waals surface area contributed by atoms with E-state index in [-0.39, 0.29) is 37.2 Å². The highest BCUT2D eigenvalue weighted by Gasteiger charge is 2.42. The number of fused-ring (bicyclic) bond motifs is 2. The number of alkyl halides is 1. The first-order chi connectivity index (χ1) is 31.4. The van der Waals surface area contributed by atoms with E-state index in [0.717, 1.165) is 42.4 Å². The van der Waals surface area contributed by atoms with Crippen LogP contribution in [0.2, 0.25) is 0 Å². The van der Waals surface area contributed by atoms with Crippen molar-refractivity contribution in [3.63, 3.8) is 0 Å². The average molecular weight is 885 g/mol. The smallest absolute Gasteiger partial charge is 0.329 e. The van der Waals surface area contributed by atoms with Crippen LogP contribution in [0, 0.1) is 11.3 Å². The predicted molar refractivity (Wildman–Crippen MR) is 243 cm³/mol. The summed E-state index contributed by atoms with van der Waals surface area (Å²) < 4.78 is 35.5. The van der Waals surface area contributed by atoms with Crippen molar-refractivity contribution in [2.45, 2.75) is 64.1 Å². The van der Waals surface area contributed by atoms with Crippen LogP contribution in [0.25, 0.3) is 10.9 Å². The van der Waals surface area contributed by atoms with Gasteiger partial charge in [0, 0.05) is 70.9 Å². The first-order valence-corrected chi connectivity index (χ1v) is 22.0. The molecule has 4 aliphatic heterocycles. The second-order valence-corrected chi connectivity index (χ2v) is 16.8. The first kappa shape index (κ1) is 44.6. The van der Waals surface area contributed by atoms with Crippen molar-refractivity contribution in [2.75, 3.05) is 62.8 Å². The van der Waals surface area contributed by atoms with Gasteiger partial charge in [-0.05, 0) is 98.4 Å². The van der Waals surface area contributed by atoms with Crippen molar-refractivity contribution in [3.05, 3.63) is 101 Å². The maximum Gasteiger partial charge on any atom is 0.329 e. The molecule has 0 saturated carbocycles. The SMILES string of the molecule is CC#N.CCOc1cc(CN2C(=O)c3cccc(N4CCC(F)(CN5CCC(c6ccc(Oc7ccc8c(N9CCC(=O)NC9=O)nn(C)c8c7)cc6)CC5)CC4)c3C2=O)ccc1OC. The van der Waals surface area contributed by atoms with Gasteiger partial charge in [-0.2, -0.15) is 10.4 Å². The summed E-state index contributed by atoms with van der Waals surface area (Å²) in [4.78, 5) is 58.5. The van der Waals surface area contributed by atoms with Crippen molar-refractivity contribution >= 4 is 46.2 Å². The van der Waals surface area contributed by atoms with E-state index in [2.05, 4.69) is 32.3 Å². The Labute approximate surface area is 377 Å². The molecule has 4 aromatic carbocycles. The van der Waals surface area contributed by atoms with E-state index in [9.17, 15) is 19.2 Å². The molecule has 0 unspecified atom stereocenters. The summed E-state index contributed by atoms with van der Waals surface area (Å²) in [6.45, 7) is 7.02. The predicted octanol–water partition coefficient (Wildman–Crippen LogP) is 7.73. The molecule has 0 spiro atoms. The molecule has 3 fully saturated rings. The van der Waals surface area contributed by atoms with Crippen molar-refractivity contribution in [2.24, 2.45) is 7.05 Å². The normalized spacial score (nSPS) is 17.6. The molecule has 5 heterocycles. The molecule has 65 heavy (non-hydrogen) atoms. The molecule has 4 aliphatic rings. The molecule has 1 aromatic heterocycles. The summed E-state index contributed by atoms with van der Waals surface area (Å²) in [5, 5.41) is 15.0. The molecule has 0 bridgehead atoms. The second kappa shape index (κ2) is 19.0.